The molecule has 0 radical (unpaired) electrons. The number of halogens is 1. The molecule has 0 aliphatic carbocycles. The number of allylic oxidation sites excluding steroid dienone is 1. The highest BCUT2D eigenvalue weighted by molar-refractivity contribution is 7.99. The van der Waals surface area contributed by atoms with Crippen molar-refractivity contribution in [3.8, 4) is 0 Å². The molecule has 7 nitrogen and oxygen atoms in total. The average molecular weight is 470 g/mol. The monoisotopic (exact) mass is 469 g/mol. The van der Waals surface area contributed by atoms with E-state index in [-0.39, 0.29) is 24.1 Å². The minimum atomic E-state index is -0.261. The van der Waals surface area contributed by atoms with E-state index in [9.17, 15) is 9.59 Å². The molecular formula is C23H24ClN5O2S. The largest absolute Gasteiger partial charge is 0.345 e. The van der Waals surface area contributed by atoms with E-state index in [1.165, 1.54) is 11.8 Å². The molecule has 1 aromatic heterocycles. The summed E-state index contributed by atoms with van der Waals surface area (Å²) in [6.45, 7) is 8.33. The molecule has 1 heterocycles. The van der Waals surface area contributed by atoms with Crippen LogP contribution in [0.15, 0.2) is 60.3 Å². The number of aryl methyl sites for hydroxylation is 2. The number of amides is 2. The second-order valence-electron chi connectivity index (χ2n) is 7.09. The van der Waals surface area contributed by atoms with E-state index in [0.717, 1.165) is 16.8 Å². The fourth-order valence-corrected chi connectivity index (χ4v) is 4.03. The van der Waals surface area contributed by atoms with Crippen molar-refractivity contribution in [1.29, 1.82) is 0 Å². The van der Waals surface area contributed by atoms with Crippen molar-refractivity contribution in [1.82, 2.24) is 20.1 Å². The molecule has 2 amide bonds. The van der Waals surface area contributed by atoms with Gasteiger partial charge >= 0.3 is 0 Å². The Labute approximate surface area is 196 Å². The van der Waals surface area contributed by atoms with Crippen LogP contribution in [0.25, 0.3) is 0 Å². The second-order valence-corrected chi connectivity index (χ2v) is 8.47. The average Bonchev–Trinajstić information content (AvgIpc) is 3.15. The van der Waals surface area contributed by atoms with Crippen LogP contribution in [0.2, 0.25) is 5.02 Å². The number of nitrogens with zero attached hydrogens (tertiary/aromatic N) is 3. The summed E-state index contributed by atoms with van der Waals surface area (Å²) in [6.07, 6.45) is 1.71. The Balaban J connectivity index is 1.63. The Bertz CT molecular complexity index is 1120. The number of para-hydroxylation sites is 1. The van der Waals surface area contributed by atoms with Gasteiger partial charge in [0.1, 0.15) is 0 Å². The van der Waals surface area contributed by atoms with Gasteiger partial charge in [0.05, 0.1) is 12.3 Å². The number of benzene rings is 2. The van der Waals surface area contributed by atoms with Gasteiger partial charge in [0.25, 0.3) is 5.91 Å². The third-order valence-electron chi connectivity index (χ3n) is 4.68. The Morgan fingerprint density at radius 1 is 1.16 bits per heavy atom. The van der Waals surface area contributed by atoms with Gasteiger partial charge < -0.3 is 15.2 Å². The summed E-state index contributed by atoms with van der Waals surface area (Å²) in [6, 6.07) is 12.6. The third kappa shape index (κ3) is 5.99. The minimum Gasteiger partial charge on any atom is -0.345 e. The van der Waals surface area contributed by atoms with Gasteiger partial charge in [-0.2, -0.15) is 0 Å². The SMILES string of the molecule is C=CCn1c(CNC(=O)c2cccc(Cl)c2)nnc1SCC(=O)Nc1c(C)cccc1C. The number of aromatic nitrogens is 3. The fraction of sp³-hybridized carbons (Fsp3) is 0.217. The molecule has 0 saturated heterocycles. The van der Waals surface area contributed by atoms with Crippen molar-refractivity contribution in [2.24, 2.45) is 0 Å². The maximum absolute atomic E-state index is 12.5. The highest BCUT2D eigenvalue weighted by Crippen LogP contribution is 2.22. The summed E-state index contributed by atoms with van der Waals surface area (Å²) in [4.78, 5) is 24.9. The Morgan fingerprint density at radius 3 is 2.56 bits per heavy atom. The topological polar surface area (TPSA) is 88.9 Å². The molecule has 2 N–H and O–H groups in total. The zero-order chi connectivity index (χ0) is 23.1. The molecule has 0 saturated carbocycles. The normalized spacial score (nSPS) is 10.6. The molecule has 0 bridgehead atoms. The van der Waals surface area contributed by atoms with Crippen LogP contribution in [0.1, 0.15) is 27.3 Å². The maximum Gasteiger partial charge on any atom is 0.251 e. The second kappa shape index (κ2) is 11.0. The molecule has 0 atom stereocenters. The van der Waals surface area contributed by atoms with Crippen LogP contribution in [0, 0.1) is 13.8 Å². The smallest absolute Gasteiger partial charge is 0.251 e. The van der Waals surface area contributed by atoms with E-state index in [2.05, 4.69) is 27.4 Å². The van der Waals surface area contributed by atoms with Gasteiger partial charge in [0.2, 0.25) is 5.91 Å². The third-order valence-corrected chi connectivity index (χ3v) is 5.88. The molecule has 166 valence electrons. The number of carbonyl (C=O) groups is 2. The lowest BCUT2D eigenvalue weighted by atomic mass is 10.1. The van der Waals surface area contributed by atoms with E-state index in [1.807, 2.05) is 36.6 Å². The van der Waals surface area contributed by atoms with Crippen LogP contribution in [0.5, 0.6) is 0 Å². The Kier molecular flexibility index (Phi) is 8.08. The summed E-state index contributed by atoms with van der Waals surface area (Å²) in [7, 11) is 0. The first-order chi connectivity index (χ1) is 15.4. The lowest BCUT2D eigenvalue weighted by Gasteiger charge is -2.12. The van der Waals surface area contributed by atoms with Gasteiger partial charge in [-0.1, -0.05) is 53.7 Å². The van der Waals surface area contributed by atoms with Crippen molar-refractivity contribution in [2.45, 2.75) is 32.1 Å². The van der Waals surface area contributed by atoms with Gasteiger partial charge in [-0.3, -0.25) is 9.59 Å². The van der Waals surface area contributed by atoms with E-state index in [4.69, 9.17) is 11.6 Å². The molecule has 32 heavy (non-hydrogen) atoms. The van der Waals surface area contributed by atoms with E-state index in [0.29, 0.717) is 28.1 Å². The zero-order valence-corrected chi connectivity index (χ0v) is 19.5. The van der Waals surface area contributed by atoms with Crippen molar-refractivity contribution in [3.05, 3.63) is 82.7 Å². The van der Waals surface area contributed by atoms with Gasteiger partial charge in [-0.25, -0.2) is 0 Å². The zero-order valence-electron chi connectivity index (χ0n) is 17.9. The summed E-state index contributed by atoms with van der Waals surface area (Å²) in [5.41, 5.74) is 3.31. The molecular weight excluding hydrogens is 446 g/mol. The molecule has 2 aromatic carbocycles. The molecule has 0 aliphatic rings. The predicted molar refractivity (Wildman–Crippen MR) is 128 cm³/mol. The predicted octanol–water partition coefficient (Wildman–Crippen LogP) is 4.40. The molecule has 0 unspecified atom stereocenters. The first-order valence-corrected chi connectivity index (χ1v) is 11.3. The van der Waals surface area contributed by atoms with Gasteiger partial charge in [-0.15, -0.1) is 16.8 Å². The lowest BCUT2D eigenvalue weighted by molar-refractivity contribution is -0.113. The number of hydrogen-bond acceptors (Lipinski definition) is 5. The summed E-state index contributed by atoms with van der Waals surface area (Å²) >= 11 is 7.23. The molecule has 3 aromatic rings. The molecule has 0 aliphatic heterocycles. The summed E-state index contributed by atoms with van der Waals surface area (Å²) in [5.74, 6) is 0.356. The number of anilines is 1. The van der Waals surface area contributed by atoms with Crippen molar-refractivity contribution >= 4 is 40.9 Å². The van der Waals surface area contributed by atoms with Gasteiger partial charge in [0, 0.05) is 22.8 Å². The number of carbonyl (C=O) groups excluding carboxylic acids is 2. The first kappa shape index (κ1) is 23.6. The lowest BCUT2D eigenvalue weighted by Crippen LogP contribution is -2.24. The van der Waals surface area contributed by atoms with Gasteiger partial charge in [-0.05, 0) is 43.2 Å². The fourth-order valence-electron chi connectivity index (χ4n) is 3.08. The highest BCUT2D eigenvalue weighted by atomic mass is 35.5. The molecule has 0 spiro atoms. The van der Waals surface area contributed by atoms with Crippen LogP contribution in [0.3, 0.4) is 0 Å². The van der Waals surface area contributed by atoms with Crippen molar-refractivity contribution in [2.75, 3.05) is 11.1 Å². The van der Waals surface area contributed by atoms with Crippen LogP contribution in [0.4, 0.5) is 5.69 Å². The molecule has 9 heteroatoms. The van der Waals surface area contributed by atoms with E-state index >= 15 is 0 Å². The first-order valence-electron chi connectivity index (χ1n) is 9.94. The van der Waals surface area contributed by atoms with Crippen LogP contribution < -0.4 is 10.6 Å². The summed E-state index contributed by atoms with van der Waals surface area (Å²) in [5, 5.41) is 15.2. The number of thioether (sulfide) groups is 1. The Hall–Kier alpha value is -3.10. The quantitative estimate of drug-likeness (QED) is 0.358. The van der Waals surface area contributed by atoms with E-state index in [1.54, 1.807) is 30.3 Å². The molecule has 0 fully saturated rings. The van der Waals surface area contributed by atoms with Crippen molar-refractivity contribution < 1.29 is 9.59 Å². The van der Waals surface area contributed by atoms with Gasteiger partial charge in [0.15, 0.2) is 11.0 Å². The van der Waals surface area contributed by atoms with Crippen LogP contribution in [-0.2, 0) is 17.9 Å². The number of rotatable bonds is 9. The van der Waals surface area contributed by atoms with Crippen molar-refractivity contribution in [3.63, 3.8) is 0 Å². The summed E-state index contributed by atoms with van der Waals surface area (Å²) < 4.78 is 1.82. The van der Waals surface area contributed by atoms with Crippen LogP contribution >= 0.6 is 23.4 Å². The van der Waals surface area contributed by atoms with Crippen LogP contribution in [-0.4, -0.2) is 32.3 Å². The standard InChI is InChI=1S/C23H24ClN5O2S/c1-4-11-29-19(13-25-22(31)17-9-6-10-18(24)12-17)27-28-23(29)32-14-20(30)26-21-15(2)7-5-8-16(21)3/h4-10,12H,1,11,13-14H2,2-3H3,(H,25,31)(H,26,30). The highest BCUT2D eigenvalue weighted by Gasteiger charge is 2.15. The number of hydrogen-bond donors (Lipinski definition) is 2. The maximum atomic E-state index is 12.5. The Morgan fingerprint density at radius 2 is 1.88 bits per heavy atom. The number of nitrogens with one attached hydrogen (secondary N) is 2. The van der Waals surface area contributed by atoms with E-state index < -0.39 is 0 Å². The molecule has 3 rings (SSSR count). The minimum absolute atomic E-state index is 0.128.